The predicted molar refractivity (Wildman–Crippen MR) is 78.7 cm³/mol. The molecule has 0 aliphatic heterocycles. The minimum atomic E-state index is 0.0769. The van der Waals surface area contributed by atoms with Crippen LogP contribution in [-0.2, 0) is 18.3 Å². The van der Waals surface area contributed by atoms with Crippen molar-refractivity contribution in [2.75, 3.05) is 6.54 Å². The Hall–Kier alpha value is -1.12. The van der Waals surface area contributed by atoms with Gasteiger partial charge in [0.15, 0.2) is 0 Å². The fourth-order valence-corrected chi connectivity index (χ4v) is 3.38. The smallest absolute Gasteiger partial charge is 0.0178 e. The third-order valence-corrected chi connectivity index (χ3v) is 4.50. The second-order valence-electron chi connectivity index (χ2n) is 5.12. The molecule has 0 saturated carbocycles. The molecule has 0 atom stereocenters. The van der Waals surface area contributed by atoms with Crippen LogP contribution in [0.4, 0.5) is 0 Å². The normalized spacial score (nSPS) is 16.6. The van der Waals surface area contributed by atoms with Crippen molar-refractivity contribution < 1.29 is 0 Å². The number of halogens is 1. The lowest BCUT2D eigenvalue weighted by Crippen LogP contribution is -2.35. The zero-order valence-corrected chi connectivity index (χ0v) is 11.8. The van der Waals surface area contributed by atoms with Crippen molar-refractivity contribution in [2.24, 2.45) is 5.73 Å². The molecule has 2 aromatic carbocycles. The first-order chi connectivity index (χ1) is 8.73. The lowest BCUT2D eigenvalue weighted by molar-refractivity contribution is 0.463. The van der Waals surface area contributed by atoms with Gasteiger partial charge in [0.1, 0.15) is 0 Å². The molecule has 0 fully saturated rings. The quantitative estimate of drug-likeness (QED) is 0.903. The fraction of sp³-hybridized carbons (Fsp3) is 0.250. The summed E-state index contributed by atoms with van der Waals surface area (Å²) in [6, 6.07) is 17.3. The summed E-state index contributed by atoms with van der Waals surface area (Å²) < 4.78 is 1.13. The molecule has 2 N–H and O–H groups in total. The van der Waals surface area contributed by atoms with Crippen LogP contribution < -0.4 is 5.73 Å². The van der Waals surface area contributed by atoms with Gasteiger partial charge in [-0.15, -0.1) is 0 Å². The van der Waals surface area contributed by atoms with Gasteiger partial charge in [-0.1, -0.05) is 52.3 Å². The number of fused-ring (bicyclic) bond motifs is 1. The number of nitrogens with two attached hydrogens (primary N) is 1. The van der Waals surface area contributed by atoms with Crippen molar-refractivity contribution in [1.29, 1.82) is 0 Å². The zero-order valence-electron chi connectivity index (χ0n) is 10.2. The second-order valence-corrected chi connectivity index (χ2v) is 6.03. The molecular formula is C16H16BrN. The molecule has 2 aromatic rings. The molecule has 3 rings (SSSR count). The first-order valence-corrected chi connectivity index (χ1v) is 7.06. The first-order valence-electron chi connectivity index (χ1n) is 6.26. The van der Waals surface area contributed by atoms with Gasteiger partial charge >= 0.3 is 0 Å². The summed E-state index contributed by atoms with van der Waals surface area (Å²) in [5.41, 5.74) is 10.4. The SMILES string of the molecule is NCC1(c2cccc(Br)c2)Cc2ccccc2C1. The van der Waals surface area contributed by atoms with Crippen LogP contribution in [0.15, 0.2) is 53.0 Å². The number of rotatable bonds is 2. The Bertz CT molecular complexity index is 552. The van der Waals surface area contributed by atoms with Crippen LogP contribution in [0.25, 0.3) is 0 Å². The molecule has 0 spiro atoms. The van der Waals surface area contributed by atoms with E-state index in [1.54, 1.807) is 0 Å². The number of hydrogen-bond donors (Lipinski definition) is 1. The van der Waals surface area contributed by atoms with Gasteiger partial charge < -0.3 is 5.73 Å². The summed E-state index contributed by atoms with van der Waals surface area (Å²) in [6.45, 7) is 0.693. The molecule has 1 nitrogen and oxygen atoms in total. The Morgan fingerprint density at radius 1 is 1.00 bits per heavy atom. The number of hydrogen-bond acceptors (Lipinski definition) is 1. The second kappa shape index (κ2) is 4.52. The van der Waals surface area contributed by atoms with E-state index < -0.39 is 0 Å². The average Bonchev–Trinajstić information content (AvgIpc) is 2.78. The summed E-state index contributed by atoms with van der Waals surface area (Å²) in [6.07, 6.45) is 2.10. The molecule has 0 amide bonds. The highest BCUT2D eigenvalue weighted by Gasteiger charge is 2.37. The Kier molecular flexibility index (Phi) is 3.00. The van der Waals surface area contributed by atoms with Gasteiger partial charge in [-0.05, 0) is 41.7 Å². The van der Waals surface area contributed by atoms with Gasteiger partial charge in [-0.25, -0.2) is 0 Å². The minimum absolute atomic E-state index is 0.0769. The Morgan fingerprint density at radius 2 is 1.67 bits per heavy atom. The van der Waals surface area contributed by atoms with Crippen LogP contribution in [-0.4, -0.2) is 6.54 Å². The molecule has 18 heavy (non-hydrogen) atoms. The molecule has 0 bridgehead atoms. The van der Waals surface area contributed by atoms with Crippen molar-refractivity contribution in [3.63, 3.8) is 0 Å². The largest absolute Gasteiger partial charge is 0.330 e. The Balaban J connectivity index is 2.04. The molecular weight excluding hydrogens is 286 g/mol. The highest BCUT2D eigenvalue weighted by Crippen LogP contribution is 2.39. The molecule has 0 heterocycles. The Labute approximate surface area is 116 Å². The van der Waals surface area contributed by atoms with E-state index in [2.05, 4.69) is 64.5 Å². The summed E-state index contributed by atoms with van der Waals surface area (Å²) in [5.74, 6) is 0. The summed E-state index contributed by atoms with van der Waals surface area (Å²) >= 11 is 3.56. The van der Waals surface area contributed by atoms with Crippen molar-refractivity contribution in [1.82, 2.24) is 0 Å². The van der Waals surface area contributed by atoms with Gasteiger partial charge in [-0.2, -0.15) is 0 Å². The van der Waals surface area contributed by atoms with Crippen LogP contribution in [0.1, 0.15) is 16.7 Å². The van der Waals surface area contributed by atoms with Crippen molar-refractivity contribution in [3.05, 3.63) is 69.7 Å². The van der Waals surface area contributed by atoms with Gasteiger partial charge in [0.2, 0.25) is 0 Å². The molecule has 0 radical (unpaired) electrons. The molecule has 1 aliphatic carbocycles. The molecule has 0 saturated heterocycles. The average molecular weight is 302 g/mol. The lowest BCUT2D eigenvalue weighted by Gasteiger charge is -2.28. The first kappa shape index (κ1) is 11.9. The predicted octanol–water partition coefficient (Wildman–Crippen LogP) is 3.44. The summed E-state index contributed by atoms with van der Waals surface area (Å²) in [7, 11) is 0. The maximum atomic E-state index is 6.11. The Morgan fingerprint density at radius 3 is 2.22 bits per heavy atom. The van der Waals surface area contributed by atoms with E-state index in [0.717, 1.165) is 17.3 Å². The van der Waals surface area contributed by atoms with Crippen LogP contribution in [0.5, 0.6) is 0 Å². The minimum Gasteiger partial charge on any atom is -0.330 e. The molecule has 2 heteroatoms. The maximum Gasteiger partial charge on any atom is 0.0178 e. The zero-order chi connectivity index (χ0) is 12.6. The topological polar surface area (TPSA) is 26.0 Å². The van der Waals surface area contributed by atoms with Gasteiger partial charge in [0, 0.05) is 16.4 Å². The van der Waals surface area contributed by atoms with Crippen LogP contribution in [0.2, 0.25) is 0 Å². The highest BCUT2D eigenvalue weighted by atomic mass is 79.9. The van der Waals surface area contributed by atoms with Gasteiger partial charge in [0.05, 0.1) is 0 Å². The van der Waals surface area contributed by atoms with E-state index in [0.29, 0.717) is 6.54 Å². The summed E-state index contributed by atoms with van der Waals surface area (Å²) in [5, 5.41) is 0. The molecule has 0 unspecified atom stereocenters. The summed E-state index contributed by atoms with van der Waals surface area (Å²) in [4.78, 5) is 0. The number of benzene rings is 2. The van der Waals surface area contributed by atoms with E-state index in [9.17, 15) is 0 Å². The third kappa shape index (κ3) is 1.90. The van der Waals surface area contributed by atoms with Crippen molar-refractivity contribution in [3.8, 4) is 0 Å². The maximum absolute atomic E-state index is 6.11. The van der Waals surface area contributed by atoms with Gasteiger partial charge in [-0.3, -0.25) is 0 Å². The standard InChI is InChI=1S/C16H16BrN/c17-15-7-3-6-14(8-15)16(11-18)9-12-4-1-2-5-13(12)10-16/h1-8H,9-11,18H2. The van der Waals surface area contributed by atoms with Crippen molar-refractivity contribution >= 4 is 15.9 Å². The highest BCUT2D eigenvalue weighted by molar-refractivity contribution is 9.10. The van der Waals surface area contributed by atoms with E-state index in [1.165, 1.54) is 16.7 Å². The monoisotopic (exact) mass is 301 g/mol. The van der Waals surface area contributed by atoms with E-state index in [1.807, 2.05) is 0 Å². The van der Waals surface area contributed by atoms with Crippen LogP contribution in [0.3, 0.4) is 0 Å². The fourth-order valence-electron chi connectivity index (χ4n) is 2.98. The van der Waals surface area contributed by atoms with Crippen LogP contribution >= 0.6 is 15.9 Å². The molecule has 0 aromatic heterocycles. The lowest BCUT2D eigenvalue weighted by atomic mass is 9.78. The third-order valence-electron chi connectivity index (χ3n) is 4.00. The van der Waals surface area contributed by atoms with Crippen LogP contribution in [0, 0.1) is 0 Å². The van der Waals surface area contributed by atoms with E-state index in [-0.39, 0.29) is 5.41 Å². The molecule has 1 aliphatic rings. The van der Waals surface area contributed by atoms with Crippen molar-refractivity contribution in [2.45, 2.75) is 18.3 Å². The molecule has 92 valence electrons. The van der Waals surface area contributed by atoms with E-state index in [4.69, 9.17) is 5.73 Å². The van der Waals surface area contributed by atoms with E-state index >= 15 is 0 Å². The van der Waals surface area contributed by atoms with Gasteiger partial charge in [0.25, 0.3) is 0 Å².